The Labute approximate surface area is 132 Å². The molecule has 0 bridgehead atoms. The van der Waals surface area contributed by atoms with Gasteiger partial charge in [0.1, 0.15) is 0 Å². The van der Waals surface area contributed by atoms with Gasteiger partial charge >= 0.3 is 0 Å². The van der Waals surface area contributed by atoms with E-state index < -0.39 is 0 Å². The Bertz CT molecular complexity index is 410. The van der Waals surface area contributed by atoms with Gasteiger partial charge in [0.15, 0.2) is 5.13 Å². The van der Waals surface area contributed by atoms with Crippen LogP contribution >= 0.6 is 11.3 Å². The van der Waals surface area contributed by atoms with E-state index in [1.807, 2.05) is 0 Å². The molecule has 0 radical (unpaired) electrons. The van der Waals surface area contributed by atoms with Gasteiger partial charge in [0.05, 0.1) is 24.9 Å². The monoisotopic (exact) mass is 315 g/mol. The van der Waals surface area contributed by atoms with E-state index in [4.69, 9.17) is 14.5 Å². The molecule has 0 fully saturated rings. The van der Waals surface area contributed by atoms with Crippen LogP contribution in [0.25, 0.3) is 0 Å². The number of methoxy groups -OCH3 is 2. The van der Waals surface area contributed by atoms with Crippen molar-refractivity contribution in [2.45, 2.75) is 46.3 Å². The molecule has 1 N–H and O–H groups in total. The van der Waals surface area contributed by atoms with Crippen molar-refractivity contribution in [2.24, 2.45) is 0 Å². The molecule has 0 amide bonds. The van der Waals surface area contributed by atoms with Gasteiger partial charge in [-0.25, -0.2) is 4.98 Å². The van der Waals surface area contributed by atoms with E-state index in [1.165, 1.54) is 4.88 Å². The summed E-state index contributed by atoms with van der Waals surface area (Å²) < 4.78 is 10.5. The molecule has 1 heterocycles. The summed E-state index contributed by atoms with van der Waals surface area (Å²) in [5.74, 6) is 0. The quantitative estimate of drug-likeness (QED) is 0.718. The Kier molecular flexibility index (Phi) is 8.18. The summed E-state index contributed by atoms with van der Waals surface area (Å²) in [6.07, 6.45) is 0. The first-order valence-electron chi connectivity index (χ1n) is 7.43. The van der Waals surface area contributed by atoms with E-state index in [2.05, 4.69) is 37.9 Å². The zero-order valence-electron chi connectivity index (χ0n) is 14.1. The molecule has 0 aromatic carbocycles. The number of nitrogens with one attached hydrogen (secondary N) is 1. The lowest BCUT2D eigenvalue weighted by Crippen LogP contribution is -2.38. The summed E-state index contributed by atoms with van der Waals surface area (Å²) in [6.45, 7) is 11.6. The highest BCUT2D eigenvalue weighted by atomic mass is 32.1. The molecule has 1 aromatic heterocycles. The van der Waals surface area contributed by atoms with Gasteiger partial charge in [-0.15, -0.1) is 11.3 Å². The molecule has 0 aliphatic heterocycles. The molecule has 1 atom stereocenters. The first-order chi connectivity index (χ1) is 9.99. The van der Waals surface area contributed by atoms with Gasteiger partial charge in [0, 0.05) is 38.2 Å². The van der Waals surface area contributed by atoms with Gasteiger partial charge in [0.2, 0.25) is 0 Å². The minimum absolute atomic E-state index is 0.279. The van der Waals surface area contributed by atoms with E-state index in [0.29, 0.717) is 19.3 Å². The molecule has 0 aliphatic carbocycles. The Balaban J connectivity index is 2.83. The van der Waals surface area contributed by atoms with Crippen LogP contribution in [-0.2, 0) is 16.0 Å². The van der Waals surface area contributed by atoms with Crippen LogP contribution < -0.4 is 10.2 Å². The second kappa shape index (κ2) is 9.35. The third-order valence-corrected chi connectivity index (χ3v) is 4.47. The van der Waals surface area contributed by atoms with Gasteiger partial charge in [0.25, 0.3) is 0 Å². The number of nitrogens with zero attached hydrogens (tertiary/aromatic N) is 2. The fourth-order valence-corrected chi connectivity index (χ4v) is 3.16. The molecular weight excluding hydrogens is 286 g/mol. The molecule has 1 rings (SSSR count). The zero-order chi connectivity index (χ0) is 15.8. The summed E-state index contributed by atoms with van der Waals surface area (Å²) in [4.78, 5) is 8.30. The highest BCUT2D eigenvalue weighted by Gasteiger charge is 2.19. The van der Waals surface area contributed by atoms with E-state index >= 15 is 0 Å². The van der Waals surface area contributed by atoms with E-state index in [0.717, 1.165) is 23.9 Å². The minimum atomic E-state index is 0.279. The molecule has 0 saturated heterocycles. The molecule has 21 heavy (non-hydrogen) atoms. The summed E-state index contributed by atoms with van der Waals surface area (Å²) in [5, 5.41) is 4.51. The number of hydrogen-bond donors (Lipinski definition) is 1. The molecule has 5 nitrogen and oxygen atoms in total. The average Bonchev–Trinajstić information content (AvgIpc) is 2.78. The Hall–Kier alpha value is -0.690. The van der Waals surface area contributed by atoms with Crippen LogP contribution in [0.2, 0.25) is 0 Å². The fraction of sp³-hybridized carbons (Fsp3) is 0.800. The van der Waals surface area contributed by atoms with Gasteiger partial charge < -0.3 is 19.7 Å². The van der Waals surface area contributed by atoms with Crippen molar-refractivity contribution in [1.82, 2.24) is 10.3 Å². The predicted octanol–water partition coefficient (Wildman–Crippen LogP) is 2.44. The normalized spacial score (nSPS) is 12.9. The molecule has 0 spiro atoms. The topological polar surface area (TPSA) is 46.6 Å². The third kappa shape index (κ3) is 5.90. The van der Waals surface area contributed by atoms with Gasteiger partial charge in [-0.3, -0.25) is 0 Å². The maximum absolute atomic E-state index is 5.28. The lowest BCUT2D eigenvalue weighted by Gasteiger charge is -2.28. The minimum Gasteiger partial charge on any atom is -0.383 e. The Morgan fingerprint density at radius 2 is 1.95 bits per heavy atom. The van der Waals surface area contributed by atoms with Crippen LogP contribution in [0.4, 0.5) is 5.13 Å². The van der Waals surface area contributed by atoms with Crippen LogP contribution in [0.1, 0.15) is 31.3 Å². The molecule has 122 valence electrons. The number of ether oxygens (including phenoxy) is 2. The molecule has 0 saturated carbocycles. The fourth-order valence-electron chi connectivity index (χ4n) is 2.02. The van der Waals surface area contributed by atoms with Crippen molar-refractivity contribution in [1.29, 1.82) is 0 Å². The first kappa shape index (κ1) is 18.4. The maximum Gasteiger partial charge on any atom is 0.186 e. The molecular formula is C15H29N3O2S. The Morgan fingerprint density at radius 3 is 2.52 bits per heavy atom. The largest absolute Gasteiger partial charge is 0.383 e. The van der Waals surface area contributed by atoms with E-state index in [-0.39, 0.29) is 6.04 Å². The van der Waals surface area contributed by atoms with Crippen LogP contribution in [0.5, 0.6) is 0 Å². The van der Waals surface area contributed by atoms with Crippen molar-refractivity contribution in [3.63, 3.8) is 0 Å². The number of anilines is 1. The first-order valence-corrected chi connectivity index (χ1v) is 8.25. The van der Waals surface area contributed by atoms with Gasteiger partial charge in [-0.1, -0.05) is 13.8 Å². The molecule has 0 aliphatic rings. The van der Waals surface area contributed by atoms with Crippen LogP contribution in [0.15, 0.2) is 0 Å². The second-order valence-corrected chi connectivity index (χ2v) is 6.59. The standard InChI is InChI=1S/C15H29N3O2S/c1-11(2)16-9-14-13(4)17-15(21-14)18(7-8-19-5)12(3)10-20-6/h11-12,16H,7-10H2,1-6H3. The Morgan fingerprint density at radius 1 is 1.24 bits per heavy atom. The van der Waals surface area contributed by atoms with E-state index in [1.54, 1.807) is 25.6 Å². The lowest BCUT2D eigenvalue weighted by molar-refractivity contribution is 0.171. The zero-order valence-corrected chi connectivity index (χ0v) is 14.9. The van der Waals surface area contributed by atoms with Gasteiger partial charge in [-0.05, 0) is 13.8 Å². The SMILES string of the molecule is COCCN(c1nc(C)c(CNC(C)C)s1)C(C)COC. The maximum atomic E-state index is 5.28. The summed E-state index contributed by atoms with van der Waals surface area (Å²) in [6, 6.07) is 0.758. The van der Waals surface area contributed by atoms with Crippen LogP contribution in [0.3, 0.4) is 0 Å². The smallest absolute Gasteiger partial charge is 0.186 e. The van der Waals surface area contributed by atoms with Gasteiger partial charge in [-0.2, -0.15) is 0 Å². The summed E-state index contributed by atoms with van der Waals surface area (Å²) >= 11 is 1.76. The van der Waals surface area contributed by atoms with E-state index in [9.17, 15) is 0 Å². The van der Waals surface area contributed by atoms with Crippen molar-refractivity contribution in [3.05, 3.63) is 10.6 Å². The molecule has 6 heteroatoms. The summed E-state index contributed by atoms with van der Waals surface area (Å²) in [5.41, 5.74) is 1.11. The van der Waals surface area contributed by atoms with Crippen molar-refractivity contribution in [3.8, 4) is 0 Å². The lowest BCUT2D eigenvalue weighted by atomic mass is 10.3. The molecule has 1 unspecified atom stereocenters. The predicted molar refractivity (Wildman–Crippen MR) is 89.4 cm³/mol. The number of hydrogen-bond acceptors (Lipinski definition) is 6. The van der Waals surface area contributed by atoms with Crippen LogP contribution in [-0.4, -0.2) is 51.0 Å². The average molecular weight is 315 g/mol. The molecule has 1 aromatic rings. The number of aryl methyl sites for hydroxylation is 1. The number of aromatic nitrogens is 1. The summed E-state index contributed by atoms with van der Waals surface area (Å²) in [7, 11) is 3.46. The van der Waals surface area contributed by atoms with Crippen LogP contribution in [0, 0.1) is 6.92 Å². The number of thiazole rings is 1. The highest BCUT2D eigenvalue weighted by Crippen LogP contribution is 2.27. The highest BCUT2D eigenvalue weighted by molar-refractivity contribution is 7.15. The number of rotatable bonds is 10. The third-order valence-electron chi connectivity index (χ3n) is 3.27. The van der Waals surface area contributed by atoms with Crippen molar-refractivity contribution >= 4 is 16.5 Å². The van der Waals surface area contributed by atoms with Crippen molar-refractivity contribution < 1.29 is 9.47 Å². The second-order valence-electron chi connectivity index (χ2n) is 5.53. The van der Waals surface area contributed by atoms with Crippen molar-refractivity contribution in [2.75, 3.05) is 38.9 Å².